The van der Waals surface area contributed by atoms with Crippen molar-refractivity contribution in [1.29, 1.82) is 0 Å². The van der Waals surface area contributed by atoms with Crippen molar-refractivity contribution in [2.75, 3.05) is 33.2 Å². The SMILES string of the molecule is CCCC(c1nnnn1C(C)(C)CC)N1CCN(C)CC1. The van der Waals surface area contributed by atoms with Crippen LogP contribution in [0, 0.1) is 0 Å². The van der Waals surface area contributed by atoms with E-state index in [0.717, 1.165) is 51.3 Å². The number of nitrogens with zero attached hydrogens (tertiary/aromatic N) is 6. The Balaban J connectivity index is 2.25. The van der Waals surface area contributed by atoms with E-state index in [1.54, 1.807) is 0 Å². The molecule has 0 aliphatic carbocycles. The van der Waals surface area contributed by atoms with Crippen LogP contribution in [-0.2, 0) is 5.54 Å². The maximum atomic E-state index is 4.39. The fraction of sp³-hybridized carbons (Fsp3) is 0.933. The fourth-order valence-electron chi connectivity index (χ4n) is 2.86. The van der Waals surface area contributed by atoms with Gasteiger partial charge in [-0.3, -0.25) is 4.90 Å². The molecule has 0 amide bonds. The topological polar surface area (TPSA) is 50.1 Å². The Labute approximate surface area is 128 Å². The molecule has 0 saturated carbocycles. The highest BCUT2D eigenvalue weighted by atomic mass is 15.6. The van der Waals surface area contributed by atoms with Crippen molar-refractivity contribution in [2.24, 2.45) is 0 Å². The fourth-order valence-corrected chi connectivity index (χ4v) is 2.86. The molecule has 6 nitrogen and oxygen atoms in total. The van der Waals surface area contributed by atoms with E-state index < -0.39 is 0 Å². The molecule has 0 N–H and O–H groups in total. The highest BCUT2D eigenvalue weighted by Gasteiger charge is 2.31. The van der Waals surface area contributed by atoms with E-state index in [2.05, 4.69) is 60.1 Å². The lowest BCUT2D eigenvalue weighted by molar-refractivity contribution is 0.0954. The molecule has 1 aromatic heterocycles. The first kappa shape index (κ1) is 16.4. The van der Waals surface area contributed by atoms with Gasteiger partial charge in [0.05, 0.1) is 11.6 Å². The van der Waals surface area contributed by atoms with Crippen LogP contribution in [0.3, 0.4) is 0 Å². The third-order valence-electron chi connectivity index (χ3n) is 4.77. The number of aromatic nitrogens is 4. The molecule has 1 unspecified atom stereocenters. The normalized spacial score (nSPS) is 19.9. The maximum absolute atomic E-state index is 4.39. The Morgan fingerprint density at radius 2 is 1.81 bits per heavy atom. The van der Waals surface area contributed by atoms with Gasteiger partial charge in [-0.2, -0.15) is 0 Å². The van der Waals surface area contributed by atoms with E-state index in [1.165, 1.54) is 0 Å². The summed E-state index contributed by atoms with van der Waals surface area (Å²) >= 11 is 0. The minimum Gasteiger partial charge on any atom is -0.304 e. The van der Waals surface area contributed by atoms with Crippen molar-refractivity contribution in [3.63, 3.8) is 0 Å². The van der Waals surface area contributed by atoms with Crippen molar-refractivity contribution in [3.05, 3.63) is 5.82 Å². The van der Waals surface area contributed by atoms with Crippen molar-refractivity contribution in [1.82, 2.24) is 30.0 Å². The quantitative estimate of drug-likeness (QED) is 0.802. The number of tetrazole rings is 1. The zero-order valence-electron chi connectivity index (χ0n) is 14.2. The monoisotopic (exact) mass is 294 g/mol. The largest absolute Gasteiger partial charge is 0.304 e. The van der Waals surface area contributed by atoms with Crippen LogP contribution >= 0.6 is 0 Å². The summed E-state index contributed by atoms with van der Waals surface area (Å²) in [6.45, 7) is 13.3. The van der Waals surface area contributed by atoms with Gasteiger partial charge in [-0.15, -0.1) is 5.10 Å². The van der Waals surface area contributed by atoms with E-state index in [4.69, 9.17) is 0 Å². The standard InChI is InChI=1S/C15H30N6/c1-6-8-13(20-11-9-19(5)10-12-20)14-16-17-18-21(14)15(3,4)7-2/h13H,6-12H2,1-5H3. The second kappa shape index (κ2) is 6.83. The molecule has 6 heteroatoms. The number of rotatable bonds is 6. The Morgan fingerprint density at radius 3 is 2.38 bits per heavy atom. The molecule has 0 spiro atoms. The first-order chi connectivity index (χ1) is 9.99. The van der Waals surface area contributed by atoms with Crippen LogP contribution in [0.5, 0.6) is 0 Å². The third kappa shape index (κ3) is 3.61. The summed E-state index contributed by atoms with van der Waals surface area (Å²) < 4.78 is 2.05. The summed E-state index contributed by atoms with van der Waals surface area (Å²) in [6, 6.07) is 0.338. The van der Waals surface area contributed by atoms with E-state index >= 15 is 0 Å². The van der Waals surface area contributed by atoms with Crippen molar-refractivity contribution < 1.29 is 0 Å². The first-order valence-corrected chi connectivity index (χ1v) is 8.21. The second-order valence-electron chi connectivity index (χ2n) is 6.76. The average molecular weight is 294 g/mol. The van der Waals surface area contributed by atoms with Gasteiger partial charge in [-0.25, -0.2) is 4.68 Å². The van der Waals surface area contributed by atoms with Crippen LogP contribution in [0.25, 0.3) is 0 Å². The van der Waals surface area contributed by atoms with Gasteiger partial charge >= 0.3 is 0 Å². The summed E-state index contributed by atoms with van der Waals surface area (Å²) in [5.41, 5.74) is -0.0304. The molecule has 1 fully saturated rings. The molecule has 120 valence electrons. The van der Waals surface area contributed by atoms with Crippen LogP contribution in [0.15, 0.2) is 0 Å². The van der Waals surface area contributed by atoms with Gasteiger partial charge in [0.1, 0.15) is 0 Å². The van der Waals surface area contributed by atoms with Crippen LogP contribution in [-0.4, -0.2) is 63.2 Å². The summed E-state index contributed by atoms with van der Waals surface area (Å²) in [7, 11) is 2.19. The van der Waals surface area contributed by atoms with Gasteiger partial charge in [0.2, 0.25) is 0 Å². The van der Waals surface area contributed by atoms with Gasteiger partial charge in [-0.05, 0) is 44.2 Å². The summed E-state index contributed by atoms with van der Waals surface area (Å²) in [5.74, 6) is 1.04. The summed E-state index contributed by atoms with van der Waals surface area (Å²) in [6.07, 6.45) is 3.28. The maximum Gasteiger partial charge on any atom is 0.168 e. The van der Waals surface area contributed by atoms with Gasteiger partial charge in [0.15, 0.2) is 5.82 Å². The predicted octanol–water partition coefficient (Wildman–Crippen LogP) is 1.91. The van der Waals surface area contributed by atoms with Crippen LogP contribution in [0.1, 0.15) is 58.8 Å². The lowest BCUT2D eigenvalue weighted by atomic mass is 10.0. The third-order valence-corrected chi connectivity index (χ3v) is 4.77. The van der Waals surface area contributed by atoms with Gasteiger partial charge in [0.25, 0.3) is 0 Å². The summed E-state index contributed by atoms with van der Waals surface area (Å²) in [5, 5.41) is 12.7. The molecule has 0 aromatic carbocycles. The first-order valence-electron chi connectivity index (χ1n) is 8.21. The smallest absolute Gasteiger partial charge is 0.168 e. The number of likely N-dealkylation sites (N-methyl/N-ethyl adjacent to an activating group) is 1. The lowest BCUT2D eigenvalue weighted by Gasteiger charge is -2.38. The van der Waals surface area contributed by atoms with Crippen LogP contribution < -0.4 is 0 Å². The molecule has 1 aliphatic rings. The minimum atomic E-state index is -0.0304. The molecule has 1 aliphatic heterocycles. The van der Waals surface area contributed by atoms with Gasteiger partial charge in [-0.1, -0.05) is 20.3 Å². The van der Waals surface area contributed by atoms with Gasteiger partial charge < -0.3 is 4.90 Å². The van der Waals surface area contributed by atoms with Crippen LogP contribution in [0.2, 0.25) is 0 Å². The molecule has 0 bridgehead atoms. The van der Waals surface area contributed by atoms with Crippen LogP contribution in [0.4, 0.5) is 0 Å². The zero-order valence-corrected chi connectivity index (χ0v) is 14.2. The molecule has 1 atom stereocenters. The van der Waals surface area contributed by atoms with E-state index in [-0.39, 0.29) is 5.54 Å². The van der Waals surface area contributed by atoms with Crippen molar-refractivity contribution in [2.45, 2.75) is 58.5 Å². The van der Waals surface area contributed by atoms with E-state index in [0.29, 0.717) is 6.04 Å². The number of piperazine rings is 1. The zero-order chi connectivity index (χ0) is 15.5. The van der Waals surface area contributed by atoms with E-state index in [9.17, 15) is 0 Å². The highest BCUT2D eigenvalue weighted by molar-refractivity contribution is 4.98. The molecule has 1 aromatic rings. The molecule has 0 radical (unpaired) electrons. The predicted molar refractivity (Wildman–Crippen MR) is 84.1 cm³/mol. The number of hydrogen-bond acceptors (Lipinski definition) is 5. The molecular weight excluding hydrogens is 264 g/mol. The summed E-state index contributed by atoms with van der Waals surface area (Å²) in [4.78, 5) is 4.94. The Kier molecular flexibility index (Phi) is 5.32. The molecule has 2 rings (SSSR count). The molecule has 21 heavy (non-hydrogen) atoms. The van der Waals surface area contributed by atoms with Crippen molar-refractivity contribution >= 4 is 0 Å². The van der Waals surface area contributed by atoms with E-state index in [1.807, 2.05) is 4.68 Å². The second-order valence-corrected chi connectivity index (χ2v) is 6.76. The molecular formula is C15H30N6. The Morgan fingerprint density at radius 1 is 1.14 bits per heavy atom. The minimum absolute atomic E-state index is 0.0304. The highest BCUT2D eigenvalue weighted by Crippen LogP contribution is 2.29. The lowest BCUT2D eigenvalue weighted by Crippen LogP contribution is -2.47. The average Bonchev–Trinajstić information content (AvgIpc) is 2.96. The van der Waals surface area contributed by atoms with Gasteiger partial charge in [0, 0.05) is 26.2 Å². The number of hydrogen-bond donors (Lipinski definition) is 0. The Hall–Kier alpha value is -1.01. The van der Waals surface area contributed by atoms with Crippen molar-refractivity contribution in [3.8, 4) is 0 Å². The Bertz CT molecular complexity index is 433. The molecule has 1 saturated heterocycles. The molecule has 2 heterocycles.